The molecule has 3 heteroatoms. The Morgan fingerprint density at radius 2 is 2.17 bits per heavy atom. The number of esters is 1. The number of ether oxygens (including phenoxy) is 1. The number of carbonyl (C=O) groups is 1. The van der Waals surface area contributed by atoms with Gasteiger partial charge in [0.15, 0.2) is 0 Å². The molecule has 2 aliphatic rings. The Morgan fingerprint density at radius 3 is 2.92 bits per heavy atom. The number of fused-ring (bicyclic) bond motifs is 1. The maximum atomic E-state index is 11.1. The van der Waals surface area contributed by atoms with E-state index in [-0.39, 0.29) is 18.0 Å². The summed E-state index contributed by atoms with van der Waals surface area (Å²) < 4.78 is 5.10. The molecule has 0 bridgehead atoms. The molecule has 2 atom stereocenters. The third kappa shape index (κ3) is 1.00. The highest BCUT2D eigenvalue weighted by atomic mass is 16.6. The molecule has 1 heterocycles. The van der Waals surface area contributed by atoms with Gasteiger partial charge in [0.25, 0.3) is 0 Å². The van der Waals surface area contributed by atoms with Gasteiger partial charge in [-0.15, -0.1) is 0 Å². The molecule has 0 aromatic heterocycles. The van der Waals surface area contributed by atoms with Crippen LogP contribution in [0.4, 0.5) is 0 Å². The minimum Gasteiger partial charge on any atom is -0.515 e. The molecule has 0 aromatic carbocycles. The van der Waals surface area contributed by atoms with Gasteiger partial charge in [-0.1, -0.05) is 6.42 Å². The summed E-state index contributed by atoms with van der Waals surface area (Å²) >= 11 is 0. The zero-order valence-corrected chi connectivity index (χ0v) is 6.82. The first-order valence-electron chi connectivity index (χ1n) is 4.38. The van der Waals surface area contributed by atoms with Crippen molar-refractivity contribution in [2.75, 3.05) is 0 Å². The Kier molecular flexibility index (Phi) is 1.79. The molecule has 1 saturated carbocycles. The Hall–Kier alpha value is -0.990. The average molecular weight is 168 g/mol. The fourth-order valence-electron chi connectivity index (χ4n) is 2.10. The van der Waals surface area contributed by atoms with Gasteiger partial charge in [0.05, 0.1) is 11.8 Å². The highest BCUT2D eigenvalue weighted by Crippen LogP contribution is 2.37. The second-order valence-electron chi connectivity index (χ2n) is 3.42. The molecule has 2 rings (SSSR count). The summed E-state index contributed by atoms with van der Waals surface area (Å²) in [4.78, 5) is 11.1. The van der Waals surface area contributed by atoms with Gasteiger partial charge in [-0.05, 0) is 19.3 Å². The van der Waals surface area contributed by atoms with E-state index < -0.39 is 0 Å². The van der Waals surface area contributed by atoms with E-state index in [4.69, 9.17) is 9.84 Å². The Balaban J connectivity index is 2.21. The summed E-state index contributed by atoms with van der Waals surface area (Å²) in [6.45, 7) is 0. The van der Waals surface area contributed by atoms with Crippen LogP contribution in [0.3, 0.4) is 0 Å². The van der Waals surface area contributed by atoms with E-state index in [1.165, 1.54) is 0 Å². The summed E-state index contributed by atoms with van der Waals surface area (Å²) in [5.74, 6) is -0.161. The molecule has 3 nitrogen and oxygen atoms in total. The minimum atomic E-state index is -0.325. The minimum absolute atomic E-state index is 0.0460. The maximum absolute atomic E-state index is 11.1. The van der Waals surface area contributed by atoms with Crippen molar-refractivity contribution in [2.24, 2.45) is 5.92 Å². The number of hydrogen-bond donors (Lipinski definition) is 1. The van der Waals surface area contributed by atoms with Crippen molar-refractivity contribution in [3.63, 3.8) is 0 Å². The van der Waals surface area contributed by atoms with E-state index in [2.05, 4.69) is 0 Å². The topological polar surface area (TPSA) is 46.5 Å². The van der Waals surface area contributed by atoms with Crippen LogP contribution < -0.4 is 0 Å². The standard InChI is InChI=1S/C9H12O3/c10-5-7-6-3-1-2-4-8(6)12-9(7)11/h5-6,8,10H,1-4H2/b7-5-/t6?,8-/m1/s1. The summed E-state index contributed by atoms with van der Waals surface area (Å²) in [5, 5.41) is 8.81. The van der Waals surface area contributed by atoms with Crippen LogP contribution in [0.15, 0.2) is 11.8 Å². The van der Waals surface area contributed by atoms with Gasteiger partial charge < -0.3 is 9.84 Å². The molecular weight excluding hydrogens is 156 g/mol. The van der Waals surface area contributed by atoms with Crippen molar-refractivity contribution in [2.45, 2.75) is 31.8 Å². The number of aliphatic hydroxyl groups excluding tert-OH is 1. The number of carbonyl (C=O) groups excluding carboxylic acids is 1. The summed E-state index contributed by atoms with van der Waals surface area (Å²) in [6, 6.07) is 0. The lowest BCUT2D eigenvalue weighted by Gasteiger charge is -2.22. The zero-order chi connectivity index (χ0) is 8.55. The lowest BCUT2D eigenvalue weighted by molar-refractivity contribution is -0.139. The van der Waals surface area contributed by atoms with Gasteiger partial charge >= 0.3 is 5.97 Å². The molecule has 1 unspecified atom stereocenters. The van der Waals surface area contributed by atoms with Crippen LogP contribution in [0.1, 0.15) is 25.7 Å². The average Bonchev–Trinajstić information content (AvgIpc) is 2.40. The largest absolute Gasteiger partial charge is 0.515 e. The van der Waals surface area contributed by atoms with Gasteiger partial charge in [0.2, 0.25) is 0 Å². The van der Waals surface area contributed by atoms with Crippen LogP contribution in [0.25, 0.3) is 0 Å². The van der Waals surface area contributed by atoms with E-state index in [0.717, 1.165) is 31.9 Å². The van der Waals surface area contributed by atoms with Gasteiger partial charge in [-0.25, -0.2) is 4.79 Å². The van der Waals surface area contributed by atoms with Crippen LogP contribution in [0.5, 0.6) is 0 Å². The molecule has 0 aromatic rings. The van der Waals surface area contributed by atoms with Crippen molar-refractivity contribution in [1.82, 2.24) is 0 Å². The predicted molar refractivity (Wildman–Crippen MR) is 42.5 cm³/mol. The second kappa shape index (κ2) is 2.81. The van der Waals surface area contributed by atoms with Gasteiger partial charge in [-0.2, -0.15) is 0 Å². The van der Waals surface area contributed by atoms with Crippen LogP contribution in [0.2, 0.25) is 0 Å². The Bertz CT molecular complexity index is 232. The van der Waals surface area contributed by atoms with Crippen LogP contribution >= 0.6 is 0 Å². The molecule has 0 radical (unpaired) electrons. The van der Waals surface area contributed by atoms with E-state index in [0.29, 0.717) is 5.57 Å². The fraction of sp³-hybridized carbons (Fsp3) is 0.667. The van der Waals surface area contributed by atoms with Crippen LogP contribution in [0, 0.1) is 5.92 Å². The lowest BCUT2D eigenvalue weighted by atomic mass is 9.84. The Morgan fingerprint density at radius 1 is 1.42 bits per heavy atom. The zero-order valence-electron chi connectivity index (χ0n) is 6.82. The SMILES string of the molecule is O=C1O[C@@H]2CCCCC2/C1=C/O. The van der Waals surface area contributed by atoms with Crippen molar-refractivity contribution < 1.29 is 14.6 Å². The molecule has 0 amide bonds. The normalized spacial score (nSPS) is 38.0. The van der Waals surface area contributed by atoms with Gasteiger partial charge in [-0.3, -0.25) is 0 Å². The summed E-state index contributed by atoms with van der Waals surface area (Å²) in [6.07, 6.45) is 5.15. The van der Waals surface area contributed by atoms with Crippen molar-refractivity contribution >= 4 is 5.97 Å². The van der Waals surface area contributed by atoms with Crippen LogP contribution in [-0.2, 0) is 9.53 Å². The van der Waals surface area contributed by atoms with Crippen molar-refractivity contribution in [3.8, 4) is 0 Å². The molecule has 2 fully saturated rings. The lowest BCUT2D eigenvalue weighted by Crippen LogP contribution is -2.20. The monoisotopic (exact) mass is 168 g/mol. The first-order chi connectivity index (χ1) is 5.83. The molecule has 1 aliphatic heterocycles. The number of rotatable bonds is 0. The molecular formula is C9H12O3. The van der Waals surface area contributed by atoms with Crippen LogP contribution in [-0.4, -0.2) is 17.2 Å². The molecule has 1 aliphatic carbocycles. The molecule has 1 saturated heterocycles. The Labute approximate surface area is 71.0 Å². The van der Waals surface area contributed by atoms with Crippen molar-refractivity contribution in [1.29, 1.82) is 0 Å². The third-order valence-corrected chi connectivity index (χ3v) is 2.74. The van der Waals surface area contributed by atoms with Crippen molar-refractivity contribution in [3.05, 3.63) is 11.8 Å². The first-order valence-corrected chi connectivity index (χ1v) is 4.38. The quantitative estimate of drug-likeness (QED) is 0.339. The van der Waals surface area contributed by atoms with E-state index >= 15 is 0 Å². The van der Waals surface area contributed by atoms with E-state index in [1.807, 2.05) is 0 Å². The number of hydrogen-bond acceptors (Lipinski definition) is 3. The molecule has 0 spiro atoms. The fourth-order valence-corrected chi connectivity index (χ4v) is 2.10. The molecule has 1 N–H and O–H groups in total. The molecule has 12 heavy (non-hydrogen) atoms. The molecule has 66 valence electrons. The highest BCUT2D eigenvalue weighted by molar-refractivity contribution is 5.91. The summed E-state index contributed by atoms with van der Waals surface area (Å²) in [5.41, 5.74) is 0.472. The first kappa shape index (κ1) is 7.65. The number of aliphatic hydroxyl groups is 1. The maximum Gasteiger partial charge on any atom is 0.337 e. The second-order valence-corrected chi connectivity index (χ2v) is 3.42. The predicted octanol–water partition coefficient (Wildman–Crippen LogP) is 1.54. The summed E-state index contributed by atoms with van der Waals surface area (Å²) in [7, 11) is 0. The smallest absolute Gasteiger partial charge is 0.337 e. The third-order valence-electron chi connectivity index (χ3n) is 2.74. The van der Waals surface area contributed by atoms with E-state index in [1.54, 1.807) is 0 Å². The van der Waals surface area contributed by atoms with Gasteiger partial charge in [0, 0.05) is 5.92 Å². The van der Waals surface area contributed by atoms with E-state index in [9.17, 15) is 4.79 Å². The highest BCUT2D eigenvalue weighted by Gasteiger charge is 2.41. The van der Waals surface area contributed by atoms with Gasteiger partial charge in [0.1, 0.15) is 6.10 Å².